The van der Waals surface area contributed by atoms with Crippen LogP contribution in [-0.4, -0.2) is 25.1 Å². The van der Waals surface area contributed by atoms with Crippen LogP contribution in [0.25, 0.3) is 0 Å². The molecule has 0 nitrogen and oxygen atoms in total. The molecule has 0 aliphatic carbocycles. The SMILES string of the molecule is CCCC[C]1=C(CC)B(CC)C(CC)=[C](CCCC)[Sn]1([CH3])[CH3]. The Morgan fingerprint density at radius 3 is 1.41 bits per heavy atom. The number of hydrogen-bond acceptors (Lipinski definition) is 0. The zero-order valence-electron chi connectivity index (χ0n) is 16.4. The third-order valence-corrected chi connectivity index (χ3v) is 17.7. The fourth-order valence-electron chi connectivity index (χ4n) is 4.68. The average molecular weight is 409 g/mol. The third-order valence-electron chi connectivity index (χ3n) is 5.86. The van der Waals surface area contributed by atoms with Gasteiger partial charge in [-0.15, -0.1) is 0 Å². The van der Waals surface area contributed by atoms with E-state index in [0.717, 1.165) is 6.71 Å². The van der Waals surface area contributed by atoms with Crippen LogP contribution in [0.15, 0.2) is 18.1 Å². The van der Waals surface area contributed by atoms with Gasteiger partial charge in [-0.2, -0.15) is 0 Å². The van der Waals surface area contributed by atoms with Crippen molar-refractivity contribution < 1.29 is 0 Å². The molecule has 0 unspecified atom stereocenters. The van der Waals surface area contributed by atoms with E-state index in [9.17, 15) is 0 Å². The van der Waals surface area contributed by atoms with Gasteiger partial charge in [-0.1, -0.05) is 0 Å². The first kappa shape index (κ1) is 20.4. The Kier molecular flexibility index (Phi) is 8.89. The third kappa shape index (κ3) is 4.25. The van der Waals surface area contributed by atoms with Gasteiger partial charge < -0.3 is 0 Å². The molecule has 1 aliphatic rings. The Balaban J connectivity index is 3.37. The van der Waals surface area contributed by atoms with Crippen molar-refractivity contribution in [3.8, 4) is 0 Å². The Morgan fingerprint density at radius 2 is 1.14 bits per heavy atom. The number of rotatable bonds is 9. The summed E-state index contributed by atoms with van der Waals surface area (Å²) in [6.07, 6.45) is 12.2. The van der Waals surface area contributed by atoms with Gasteiger partial charge in [-0.25, -0.2) is 0 Å². The average Bonchev–Trinajstić information content (AvgIpc) is 2.50. The van der Waals surface area contributed by atoms with Gasteiger partial charge in [0.1, 0.15) is 0 Å². The molecule has 0 radical (unpaired) electrons. The van der Waals surface area contributed by atoms with E-state index in [1.54, 1.807) is 0 Å². The fourth-order valence-corrected chi connectivity index (χ4v) is 16.9. The van der Waals surface area contributed by atoms with Gasteiger partial charge in [0.25, 0.3) is 0 Å². The van der Waals surface area contributed by atoms with Crippen LogP contribution >= 0.6 is 0 Å². The normalized spacial score (nSPS) is 18.4. The summed E-state index contributed by atoms with van der Waals surface area (Å²) < 4.78 is 4.02. The molecule has 0 amide bonds. The molecule has 0 bridgehead atoms. The summed E-state index contributed by atoms with van der Waals surface area (Å²) in [6, 6.07) is 0. The van der Waals surface area contributed by atoms with E-state index in [0.29, 0.717) is 0 Å². The minimum atomic E-state index is -2.26. The zero-order chi connectivity index (χ0) is 16.8. The summed E-state index contributed by atoms with van der Waals surface area (Å²) >= 11 is -2.26. The summed E-state index contributed by atoms with van der Waals surface area (Å²) in [7, 11) is 0. The predicted molar refractivity (Wildman–Crippen MR) is 107 cm³/mol. The molecule has 0 atom stereocenters. The van der Waals surface area contributed by atoms with Crippen LogP contribution < -0.4 is 0 Å². The first-order valence-corrected chi connectivity index (χ1v) is 18.5. The molecule has 2 heteroatoms. The monoisotopic (exact) mass is 410 g/mol. The van der Waals surface area contributed by atoms with Crippen LogP contribution in [0.2, 0.25) is 16.2 Å². The first-order valence-electron chi connectivity index (χ1n) is 9.94. The molecule has 0 fully saturated rings. The summed E-state index contributed by atoms with van der Waals surface area (Å²) in [4.78, 5) is 5.45. The van der Waals surface area contributed by atoms with Crippen LogP contribution in [0.1, 0.15) is 86.0 Å². The molecule has 1 aliphatic heterocycles. The van der Waals surface area contributed by atoms with Crippen LogP contribution in [0.4, 0.5) is 0 Å². The number of unbranched alkanes of at least 4 members (excludes halogenated alkanes) is 2. The molecule has 0 N–H and O–H groups in total. The van der Waals surface area contributed by atoms with Crippen molar-refractivity contribution in [3.63, 3.8) is 0 Å². The molecular formula is C20H39BSn. The van der Waals surface area contributed by atoms with Gasteiger partial charge in [-0.3, -0.25) is 0 Å². The predicted octanol–water partition coefficient (Wildman–Crippen LogP) is 7.17. The molecule has 0 saturated heterocycles. The Bertz CT molecular complexity index is 381. The molecule has 1 heterocycles. The summed E-state index contributed by atoms with van der Waals surface area (Å²) in [6.45, 7) is 12.7. The van der Waals surface area contributed by atoms with Gasteiger partial charge in [0.15, 0.2) is 0 Å². The van der Waals surface area contributed by atoms with Gasteiger partial charge in [0.05, 0.1) is 0 Å². The Morgan fingerprint density at radius 1 is 0.727 bits per heavy atom. The molecule has 0 aromatic heterocycles. The molecule has 22 heavy (non-hydrogen) atoms. The van der Waals surface area contributed by atoms with Crippen molar-refractivity contribution in [1.82, 2.24) is 0 Å². The summed E-state index contributed by atoms with van der Waals surface area (Å²) in [5, 5.41) is 0. The van der Waals surface area contributed by atoms with E-state index in [2.05, 4.69) is 44.5 Å². The van der Waals surface area contributed by atoms with E-state index in [-0.39, 0.29) is 0 Å². The first-order chi connectivity index (χ1) is 10.5. The van der Waals surface area contributed by atoms with E-state index >= 15 is 0 Å². The maximum absolute atomic E-state index is 2.72. The quantitative estimate of drug-likeness (QED) is 0.354. The molecule has 0 spiro atoms. The Hall–Kier alpha value is 0.344. The minimum absolute atomic E-state index is 0.790. The van der Waals surface area contributed by atoms with Crippen molar-refractivity contribution in [1.29, 1.82) is 0 Å². The molecule has 0 aromatic carbocycles. The van der Waals surface area contributed by atoms with Gasteiger partial charge in [-0.05, 0) is 0 Å². The van der Waals surface area contributed by atoms with Crippen LogP contribution in [0.5, 0.6) is 0 Å². The van der Waals surface area contributed by atoms with E-state index < -0.39 is 18.4 Å². The van der Waals surface area contributed by atoms with Crippen LogP contribution in [0.3, 0.4) is 0 Å². The van der Waals surface area contributed by atoms with Crippen molar-refractivity contribution in [3.05, 3.63) is 18.1 Å². The fraction of sp³-hybridized carbons (Fsp3) is 0.800. The van der Waals surface area contributed by atoms with Crippen LogP contribution in [0, 0.1) is 0 Å². The Labute approximate surface area is 145 Å². The van der Waals surface area contributed by atoms with Gasteiger partial charge in [0, 0.05) is 0 Å². The van der Waals surface area contributed by atoms with Gasteiger partial charge in [0.2, 0.25) is 0 Å². The summed E-state index contributed by atoms with van der Waals surface area (Å²) in [5.74, 6) is 0. The molecule has 126 valence electrons. The van der Waals surface area contributed by atoms with Crippen molar-refractivity contribution >= 4 is 25.1 Å². The standard InChI is InChI=1S/C18H33B.2CH3.Sn/c1-6-11-13-15-17(8-3)19(10-5)18(9-4)16-14-12-7-2;;;/h6-14H2,1-5H3;2*1H3;. The summed E-state index contributed by atoms with van der Waals surface area (Å²) in [5.41, 5.74) is 3.77. The van der Waals surface area contributed by atoms with Crippen molar-refractivity contribution in [2.24, 2.45) is 0 Å². The molecule has 0 aromatic rings. The topological polar surface area (TPSA) is 0 Å². The van der Waals surface area contributed by atoms with Crippen LogP contribution in [-0.2, 0) is 0 Å². The molecule has 1 rings (SSSR count). The van der Waals surface area contributed by atoms with E-state index in [4.69, 9.17) is 0 Å². The molecular weight excluding hydrogens is 370 g/mol. The van der Waals surface area contributed by atoms with Crippen molar-refractivity contribution in [2.75, 3.05) is 0 Å². The van der Waals surface area contributed by atoms with E-state index in [1.165, 1.54) is 57.7 Å². The second kappa shape index (κ2) is 9.59. The second-order valence-corrected chi connectivity index (χ2v) is 20.2. The van der Waals surface area contributed by atoms with Gasteiger partial charge >= 0.3 is 145 Å². The second-order valence-electron chi connectivity index (χ2n) is 7.51. The number of allylic oxidation sites excluding steroid dienone is 4. The van der Waals surface area contributed by atoms with E-state index in [1.807, 2.05) is 18.1 Å². The zero-order valence-corrected chi connectivity index (χ0v) is 19.3. The van der Waals surface area contributed by atoms with Crippen molar-refractivity contribution in [2.45, 2.75) is 102 Å². The number of hydrogen-bond donors (Lipinski definition) is 0. The molecule has 0 saturated carbocycles. The maximum atomic E-state index is 2.72.